The summed E-state index contributed by atoms with van der Waals surface area (Å²) < 4.78 is 5.46. The molecule has 110 valence electrons. The molecule has 0 amide bonds. The summed E-state index contributed by atoms with van der Waals surface area (Å²) in [6.45, 7) is 1.55. The largest absolute Gasteiger partial charge is 0.394 e. The van der Waals surface area contributed by atoms with Gasteiger partial charge in [-0.3, -0.25) is 10.1 Å². The number of piperidine rings is 1. The van der Waals surface area contributed by atoms with E-state index in [1.807, 2.05) is 4.90 Å². The molecule has 1 saturated heterocycles. The molecule has 0 unspecified atom stereocenters. The number of hydrogen-bond donors (Lipinski definition) is 1. The number of anilines is 1. The molecule has 1 aliphatic heterocycles. The molecule has 20 heavy (non-hydrogen) atoms. The van der Waals surface area contributed by atoms with Gasteiger partial charge in [0, 0.05) is 19.2 Å². The Balaban J connectivity index is 2.06. The number of rotatable bonds is 5. The second kappa shape index (κ2) is 6.83. The molecule has 0 radical (unpaired) electrons. The van der Waals surface area contributed by atoms with E-state index in [1.165, 1.54) is 12.1 Å². The van der Waals surface area contributed by atoms with Crippen molar-refractivity contribution in [3.63, 3.8) is 0 Å². The zero-order valence-corrected chi connectivity index (χ0v) is 11.6. The highest BCUT2D eigenvalue weighted by molar-refractivity contribution is 6.29. The van der Waals surface area contributed by atoms with Gasteiger partial charge in [0.2, 0.25) is 5.82 Å². The maximum atomic E-state index is 11.0. The van der Waals surface area contributed by atoms with Crippen LogP contribution in [0.3, 0.4) is 0 Å². The highest BCUT2D eigenvalue weighted by Gasteiger charge is 2.26. The quantitative estimate of drug-likeness (QED) is 0.505. The van der Waals surface area contributed by atoms with Crippen molar-refractivity contribution in [3.05, 3.63) is 27.4 Å². The summed E-state index contributed by atoms with van der Waals surface area (Å²) in [5.41, 5.74) is -0.0378. The number of hydrogen-bond acceptors (Lipinski definition) is 6. The Morgan fingerprint density at radius 2 is 2.20 bits per heavy atom. The Kier molecular flexibility index (Phi) is 5.11. The fraction of sp³-hybridized carbons (Fsp3) is 0.583. The van der Waals surface area contributed by atoms with E-state index in [4.69, 9.17) is 21.4 Å². The van der Waals surface area contributed by atoms with Crippen LogP contribution < -0.4 is 4.90 Å². The summed E-state index contributed by atoms with van der Waals surface area (Å²) in [5.74, 6) is 0.308. The average Bonchev–Trinajstić information content (AvgIpc) is 2.45. The molecule has 0 bridgehead atoms. The van der Waals surface area contributed by atoms with Crippen molar-refractivity contribution in [2.24, 2.45) is 0 Å². The molecule has 0 aromatic carbocycles. The summed E-state index contributed by atoms with van der Waals surface area (Å²) in [6.07, 6.45) is 1.56. The van der Waals surface area contributed by atoms with Crippen molar-refractivity contribution in [1.82, 2.24) is 4.98 Å². The minimum absolute atomic E-state index is 0.00152. The van der Waals surface area contributed by atoms with Crippen LogP contribution in [0, 0.1) is 10.1 Å². The van der Waals surface area contributed by atoms with Gasteiger partial charge in [0.15, 0.2) is 0 Å². The van der Waals surface area contributed by atoms with Crippen molar-refractivity contribution >= 4 is 23.1 Å². The molecule has 0 spiro atoms. The lowest BCUT2D eigenvalue weighted by atomic mass is 10.1. The summed E-state index contributed by atoms with van der Waals surface area (Å²) in [4.78, 5) is 16.5. The normalized spacial score (nSPS) is 16.4. The van der Waals surface area contributed by atoms with Crippen LogP contribution in [0.25, 0.3) is 0 Å². The summed E-state index contributed by atoms with van der Waals surface area (Å²) in [6, 6.07) is 2.79. The summed E-state index contributed by atoms with van der Waals surface area (Å²) in [7, 11) is 0. The smallest absolute Gasteiger partial charge is 0.311 e. The third-order valence-electron chi connectivity index (χ3n) is 3.20. The third-order valence-corrected chi connectivity index (χ3v) is 3.41. The zero-order chi connectivity index (χ0) is 14.5. The van der Waals surface area contributed by atoms with Crippen molar-refractivity contribution in [1.29, 1.82) is 0 Å². The van der Waals surface area contributed by atoms with Crippen molar-refractivity contribution in [2.75, 3.05) is 31.2 Å². The van der Waals surface area contributed by atoms with Crippen LogP contribution in [0.5, 0.6) is 0 Å². The molecule has 0 atom stereocenters. The van der Waals surface area contributed by atoms with Gasteiger partial charge in [0.05, 0.1) is 24.2 Å². The maximum Gasteiger partial charge on any atom is 0.311 e. The molecular weight excluding hydrogens is 286 g/mol. The van der Waals surface area contributed by atoms with Crippen LogP contribution >= 0.6 is 11.6 Å². The molecular formula is C12H16ClN3O4. The number of halogens is 1. The second-order valence-electron chi connectivity index (χ2n) is 4.51. The highest BCUT2D eigenvalue weighted by atomic mass is 35.5. The van der Waals surface area contributed by atoms with Gasteiger partial charge < -0.3 is 14.7 Å². The first-order chi connectivity index (χ1) is 9.61. The molecule has 1 aliphatic rings. The van der Waals surface area contributed by atoms with E-state index < -0.39 is 4.92 Å². The van der Waals surface area contributed by atoms with Crippen LogP contribution in [0.15, 0.2) is 12.1 Å². The number of aromatic nitrogens is 1. The molecule has 1 N–H and O–H groups in total. The highest BCUT2D eigenvalue weighted by Crippen LogP contribution is 2.30. The molecule has 1 aromatic rings. The van der Waals surface area contributed by atoms with Gasteiger partial charge in [-0.15, -0.1) is 0 Å². The van der Waals surface area contributed by atoms with Crippen LogP contribution in [0.4, 0.5) is 11.5 Å². The predicted octanol–water partition coefficient (Wildman–Crippen LogP) is 1.62. The molecule has 2 heterocycles. The van der Waals surface area contributed by atoms with E-state index in [1.54, 1.807) is 0 Å². The number of aliphatic hydroxyl groups is 1. The lowest BCUT2D eigenvalue weighted by Gasteiger charge is -2.32. The number of nitro groups is 1. The Morgan fingerprint density at radius 1 is 1.50 bits per heavy atom. The van der Waals surface area contributed by atoms with Crippen LogP contribution in [0.1, 0.15) is 12.8 Å². The fourth-order valence-electron chi connectivity index (χ4n) is 2.25. The molecule has 7 nitrogen and oxygen atoms in total. The first-order valence-corrected chi connectivity index (χ1v) is 6.78. The Labute approximate surface area is 121 Å². The first-order valence-electron chi connectivity index (χ1n) is 6.40. The molecule has 0 aliphatic carbocycles. The number of aliphatic hydroxyl groups excluding tert-OH is 1. The van der Waals surface area contributed by atoms with E-state index in [9.17, 15) is 10.1 Å². The number of pyridine rings is 1. The van der Waals surface area contributed by atoms with E-state index in [0.717, 1.165) is 12.8 Å². The number of ether oxygens (including phenoxy) is 1. The summed E-state index contributed by atoms with van der Waals surface area (Å²) >= 11 is 5.83. The lowest BCUT2D eigenvalue weighted by molar-refractivity contribution is -0.384. The molecule has 0 saturated carbocycles. The fourth-order valence-corrected chi connectivity index (χ4v) is 2.39. The number of nitrogens with zero attached hydrogens (tertiary/aromatic N) is 3. The standard InChI is InChI=1S/C12H16ClN3O4/c13-11-2-1-10(16(18)19)12(14-11)15-5-3-9(4-6-15)20-8-7-17/h1-2,9,17H,3-8H2. The van der Waals surface area contributed by atoms with Gasteiger partial charge in [0.25, 0.3) is 0 Å². The predicted molar refractivity (Wildman–Crippen MR) is 74.2 cm³/mol. The third kappa shape index (κ3) is 3.56. The SMILES string of the molecule is O=[N+]([O-])c1ccc(Cl)nc1N1CCC(OCCO)CC1. The van der Waals surface area contributed by atoms with Gasteiger partial charge in [-0.25, -0.2) is 4.98 Å². The minimum Gasteiger partial charge on any atom is -0.394 e. The van der Waals surface area contributed by atoms with E-state index in [0.29, 0.717) is 25.5 Å². The van der Waals surface area contributed by atoms with Crippen LogP contribution in [-0.4, -0.2) is 47.4 Å². The molecule has 2 rings (SSSR count). The van der Waals surface area contributed by atoms with Gasteiger partial charge >= 0.3 is 5.69 Å². The first kappa shape index (κ1) is 15.0. The van der Waals surface area contributed by atoms with Crippen molar-refractivity contribution < 1.29 is 14.8 Å². The van der Waals surface area contributed by atoms with Gasteiger partial charge in [-0.1, -0.05) is 11.6 Å². The van der Waals surface area contributed by atoms with Gasteiger partial charge in [0.1, 0.15) is 5.15 Å². The van der Waals surface area contributed by atoms with Crippen molar-refractivity contribution in [3.8, 4) is 0 Å². The van der Waals surface area contributed by atoms with Crippen LogP contribution in [-0.2, 0) is 4.74 Å². The monoisotopic (exact) mass is 301 g/mol. The van der Waals surface area contributed by atoms with Gasteiger partial charge in [-0.05, 0) is 18.9 Å². The molecule has 8 heteroatoms. The van der Waals surface area contributed by atoms with E-state index in [-0.39, 0.29) is 23.6 Å². The van der Waals surface area contributed by atoms with Crippen LogP contribution in [0.2, 0.25) is 5.15 Å². The second-order valence-corrected chi connectivity index (χ2v) is 4.90. The van der Waals surface area contributed by atoms with Crippen molar-refractivity contribution in [2.45, 2.75) is 18.9 Å². The maximum absolute atomic E-state index is 11.0. The Hall–Kier alpha value is -1.44. The zero-order valence-electron chi connectivity index (χ0n) is 10.9. The molecule has 1 aromatic heterocycles. The molecule has 1 fully saturated rings. The topological polar surface area (TPSA) is 88.7 Å². The van der Waals surface area contributed by atoms with E-state index in [2.05, 4.69) is 4.98 Å². The summed E-state index contributed by atoms with van der Waals surface area (Å²) in [5, 5.41) is 20.0. The lowest BCUT2D eigenvalue weighted by Crippen LogP contribution is -2.38. The minimum atomic E-state index is -0.451. The Bertz CT molecular complexity index is 478. The Morgan fingerprint density at radius 3 is 2.80 bits per heavy atom. The average molecular weight is 302 g/mol. The van der Waals surface area contributed by atoms with E-state index >= 15 is 0 Å². The van der Waals surface area contributed by atoms with Gasteiger partial charge in [-0.2, -0.15) is 0 Å².